The van der Waals surface area contributed by atoms with Crippen LogP contribution >= 0.6 is 16.1 Å². The number of nitrogens with one attached hydrogen (secondary N) is 1. The van der Waals surface area contributed by atoms with Gasteiger partial charge in [-0.1, -0.05) is 30.3 Å². The van der Waals surface area contributed by atoms with Crippen molar-refractivity contribution in [3.8, 4) is 0 Å². The third kappa shape index (κ3) is 1.91. The van der Waals surface area contributed by atoms with Gasteiger partial charge in [0.05, 0.1) is 5.69 Å². The Morgan fingerprint density at radius 1 is 1.12 bits per heavy atom. The number of fused-ring (bicyclic) bond motifs is 1. The number of rotatable bonds is 2. The summed E-state index contributed by atoms with van der Waals surface area (Å²) in [6.07, 6.45) is 0. The van der Waals surface area contributed by atoms with Gasteiger partial charge in [0, 0.05) is 21.5 Å². The third-order valence-electron chi connectivity index (χ3n) is 2.24. The number of hydrogen-bond acceptors (Lipinski definition) is 3. The molecule has 0 aliphatic heterocycles. The topological polar surface area (TPSA) is 66.4 Å². The molecule has 0 aliphatic carbocycles. The van der Waals surface area contributed by atoms with E-state index in [0.717, 1.165) is 5.39 Å². The molecule has 0 heterocycles. The van der Waals surface area contributed by atoms with Gasteiger partial charge >= 0.3 is 0 Å². The molecule has 2 N–H and O–H groups in total. The maximum absolute atomic E-state index is 11.3. The van der Waals surface area contributed by atoms with Crippen molar-refractivity contribution < 1.29 is 13.0 Å². The van der Waals surface area contributed by atoms with Gasteiger partial charge in [0.15, 0.2) is 0 Å². The van der Waals surface area contributed by atoms with Crippen LogP contribution in [0.25, 0.3) is 10.8 Å². The van der Waals surface area contributed by atoms with E-state index in [1.54, 1.807) is 36.4 Å². The highest BCUT2D eigenvalue weighted by molar-refractivity contribution is 9.10. The summed E-state index contributed by atoms with van der Waals surface area (Å²) in [4.78, 5) is -0.123. The van der Waals surface area contributed by atoms with E-state index in [4.69, 9.17) is 0 Å². The predicted octanol–water partition coefficient (Wildman–Crippen LogP) is 2.81. The van der Waals surface area contributed by atoms with Gasteiger partial charge in [-0.3, -0.25) is 4.55 Å². The van der Waals surface area contributed by atoms with Crippen LogP contribution in [0.5, 0.6) is 0 Å². The van der Waals surface area contributed by atoms with Crippen molar-refractivity contribution in [1.29, 1.82) is 0 Å². The van der Waals surface area contributed by atoms with Crippen LogP contribution in [0.15, 0.2) is 41.3 Å². The molecule has 0 amide bonds. The fourth-order valence-electron chi connectivity index (χ4n) is 1.60. The average molecular weight is 302 g/mol. The number of halogens is 1. The Bertz CT molecular complexity index is 640. The van der Waals surface area contributed by atoms with Gasteiger partial charge in [0.25, 0.3) is 10.1 Å². The highest BCUT2D eigenvalue weighted by Gasteiger charge is 2.18. The first-order valence-electron chi connectivity index (χ1n) is 4.40. The summed E-state index contributed by atoms with van der Waals surface area (Å²) < 4.78 is 34.4. The van der Waals surface area contributed by atoms with E-state index in [0.29, 0.717) is 11.1 Å². The predicted molar refractivity (Wildman–Crippen MR) is 66.3 cm³/mol. The first-order chi connectivity index (χ1) is 7.54. The molecule has 2 aromatic rings. The SMILES string of the molecule is O=S(=O)(O)c1c(NBr)ccc2ccccc12. The fourth-order valence-corrected chi connectivity index (χ4v) is 2.92. The van der Waals surface area contributed by atoms with Crippen molar-refractivity contribution in [3.05, 3.63) is 36.4 Å². The van der Waals surface area contributed by atoms with E-state index in [1.165, 1.54) is 0 Å². The third-order valence-corrected chi connectivity index (χ3v) is 3.62. The van der Waals surface area contributed by atoms with E-state index < -0.39 is 10.1 Å². The lowest BCUT2D eigenvalue weighted by Gasteiger charge is -2.08. The molecule has 0 saturated carbocycles. The van der Waals surface area contributed by atoms with Crippen molar-refractivity contribution in [3.63, 3.8) is 0 Å². The van der Waals surface area contributed by atoms with Gasteiger partial charge in [-0.2, -0.15) is 8.42 Å². The van der Waals surface area contributed by atoms with Gasteiger partial charge in [-0.25, -0.2) is 0 Å². The Kier molecular flexibility index (Phi) is 2.88. The summed E-state index contributed by atoms with van der Waals surface area (Å²) in [6.45, 7) is 0. The lowest BCUT2D eigenvalue weighted by molar-refractivity contribution is 0.484. The minimum Gasteiger partial charge on any atom is -0.321 e. The van der Waals surface area contributed by atoms with Gasteiger partial charge < -0.3 is 4.34 Å². The standard InChI is InChI=1S/C10H8BrNO3S/c11-12-9-6-5-7-3-1-2-4-8(7)10(9)16(13,14)15/h1-6,12H,(H,13,14,15). The molecule has 2 rings (SSSR count). The Morgan fingerprint density at radius 3 is 2.44 bits per heavy atom. The van der Waals surface area contributed by atoms with Gasteiger partial charge in [-0.15, -0.1) is 0 Å². The molecular formula is C10H8BrNO3S. The normalized spacial score (nSPS) is 11.6. The number of anilines is 1. The van der Waals surface area contributed by atoms with Crippen LogP contribution < -0.4 is 4.34 Å². The summed E-state index contributed by atoms with van der Waals surface area (Å²) in [5, 5.41) is 1.23. The second kappa shape index (κ2) is 4.04. The van der Waals surface area contributed by atoms with E-state index in [-0.39, 0.29) is 4.90 Å². The molecule has 0 aromatic heterocycles. The van der Waals surface area contributed by atoms with Gasteiger partial charge in [0.2, 0.25) is 0 Å². The lowest BCUT2D eigenvalue weighted by atomic mass is 10.1. The largest absolute Gasteiger partial charge is 0.321 e. The summed E-state index contributed by atoms with van der Waals surface area (Å²) in [5.74, 6) is 0. The minimum atomic E-state index is -4.26. The van der Waals surface area contributed by atoms with Crippen LogP contribution in [0.1, 0.15) is 0 Å². The molecule has 0 atom stereocenters. The summed E-state index contributed by atoms with van der Waals surface area (Å²) in [6, 6.07) is 10.3. The van der Waals surface area contributed by atoms with E-state index in [9.17, 15) is 13.0 Å². The molecule has 0 spiro atoms. The summed E-state index contributed by atoms with van der Waals surface area (Å²) in [7, 11) is -4.26. The first kappa shape index (κ1) is 11.4. The molecule has 2 aromatic carbocycles. The van der Waals surface area contributed by atoms with Crippen molar-refractivity contribution in [1.82, 2.24) is 0 Å². The van der Waals surface area contributed by atoms with E-state index in [2.05, 4.69) is 20.5 Å². The molecule has 84 valence electrons. The highest BCUT2D eigenvalue weighted by Crippen LogP contribution is 2.30. The zero-order valence-electron chi connectivity index (χ0n) is 8.01. The van der Waals surface area contributed by atoms with E-state index in [1.807, 2.05) is 0 Å². The van der Waals surface area contributed by atoms with Crippen molar-refractivity contribution in [2.24, 2.45) is 0 Å². The Morgan fingerprint density at radius 2 is 1.81 bits per heavy atom. The number of hydrogen-bond donors (Lipinski definition) is 2. The lowest BCUT2D eigenvalue weighted by Crippen LogP contribution is -2.02. The molecule has 16 heavy (non-hydrogen) atoms. The maximum atomic E-state index is 11.3. The molecule has 0 radical (unpaired) electrons. The van der Waals surface area contributed by atoms with Crippen LogP contribution in [0, 0.1) is 0 Å². The maximum Gasteiger partial charge on any atom is 0.297 e. The van der Waals surface area contributed by atoms with Crippen LogP contribution in [0.4, 0.5) is 5.69 Å². The molecule has 0 fully saturated rings. The summed E-state index contributed by atoms with van der Waals surface area (Å²) in [5.41, 5.74) is 0.307. The molecule has 6 heteroatoms. The summed E-state index contributed by atoms with van der Waals surface area (Å²) >= 11 is 2.96. The smallest absolute Gasteiger partial charge is 0.297 e. The minimum absolute atomic E-state index is 0.123. The van der Waals surface area contributed by atoms with Crippen molar-refractivity contribution in [2.75, 3.05) is 4.34 Å². The fraction of sp³-hybridized carbons (Fsp3) is 0. The zero-order valence-corrected chi connectivity index (χ0v) is 10.4. The Balaban J connectivity index is 2.95. The monoisotopic (exact) mass is 301 g/mol. The quantitative estimate of drug-likeness (QED) is 0.661. The molecule has 4 nitrogen and oxygen atoms in total. The first-order valence-corrected chi connectivity index (χ1v) is 6.63. The van der Waals surface area contributed by atoms with Gasteiger partial charge in [0.1, 0.15) is 4.90 Å². The molecule has 0 bridgehead atoms. The molecule has 0 saturated heterocycles. The van der Waals surface area contributed by atoms with Crippen LogP contribution in [0.2, 0.25) is 0 Å². The number of benzene rings is 2. The van der Waals surface area contributed by atoms with Crippen LogP contribution in [0.3, 0.4) is 0 Å². The molecule has 0 aliphatic rings. The van der Waals surface area contributed by atoms with Crippen LogP contribution in [-0.2, 0) is 10.1 Å². The Labute approximate surface area is 101 Å². The average Bonchev–Trinajstić information content (AvgIpc) is 2.26. The molecular weight excluding hydrogens is 294 g/mol. The van der Waals surface area contributed by atoms with Crippen molar-refractivity contribution >= 4 is 42.7 Å². The zero-order chi connectivity index (χ0) is 11.8. The molecule has 0 unspecified atom stereocenters. The second-order valence-electron chi connectivity index (χ2n) is 3.23. The van der Waals surface area contributed by atoms with Crippen LogP contribution in [-0.4, -0.2) is 13.0 Å². The van der Waals surface area contributed by atoms with E-state index >= 15 is 0 Å². The second-order valence-corrected chi connectivity index (χ2v) is 4.99. The van der Waals surface area contributed by atoms with Crippen molar-refractivity contribution in [2.45, 2.75) is 4.90 Å². The Hall–Kier alpha value is -1.11. The highest BCUT2D eigenvalue weighted by atomic mass is 79.9. The van der Waals surface area contributed by atoms with Gasteiger partial charge in [-0.05, 0) is 11.5 Å².